The summed E-state index contributed by atoms with van der Waals surface area (Å²) in [6.45, 7) is 3.59. The fraction of sp³-hybridized carbons (Fsp3) is 0.421. The average molecular weight is 335 g/mol. The molecule has 0 bridgehead atoms. The number of hydrogen-bond acceptors (Lipinski definition) is 6. The molecule has 0 amide bonds. The molecule has 25 heavy (non-hydrogen) atoms. The third-order valence-electron chi connectivity index (χ3n) is 4.95. The molecule has 2 fully saturated rings. The van der Waals surface area contributed by atoms with Gasteiger partial charge in [-0.15, -0.1) is 0 Å². The molecule has 0 aromatic carbocycles. The smallest absolute Gasteiger partial charge is 0.142 e. The van der Waals surface area contributed by atoms with Crippen molar-refractivity contribution in [1.82, 2.24) is 14.9 Å². The molecule has 0 saturated carbocycles. The van der Waals surface area contributed by atoms with E-state index in [4.69, 9.17) is 10.00 Å². The Bertz CT molecular complexity index is 775. The lowest BCUT2D eigenvalue weighted by molar-refractivity contribution is 0.0120. The van der Waals surface area contributed by atoms with Crippen LogP contribution in [0.3, 0.4) is 0 Å². The third kappa shape index (κ3) is 3.63. The molecule has 4 rings (SSSR count). The van der Waals surface area contributed by atoms with Crippen molar-refractivity contribution in [1.29, 1.82) is 5.26 Å². The van der Waals surface area contributed by atoms with Gasteiger partial charge in [0.2, 0.25) is 0 Å². The lowest BCUT2D eigenvalue weighted by atomic mass is 9.97. The maximum absolute atomic E-state index is 8.97. The van der Waals surface area contributed by atoms with Crippen LogP contribution in [0.15, 0.2) is 42.7 Å². The van der Waals surface area contributed by atoms with Gasteiger partial charge in [0.05, 0.1) is 18.2 Å². The van der Waals surface area contributed by atoms with E-state index in [0.29, 0.717) is 12.3 Å². The van der Waals surface area contributed by atoms with Gasteiger partial charge in [-0.1, -0.05) is 12.1 Å². The van der Waals surface area contributed by atoms with E-state index in [2.05, 4.69) is 32.3 Å². The van der Waals surface area contributed by atoms with Crippen LogP contribution < -0.4 is 5.32 Å². The van der Waals surface area contributed by atoms with E-state index in [9.17, 15) is 0 Å². The fourth-order valence-electron chi connectivity index (χ4n) is 3.82. The second-order valence-corrected chi connectivity index (χ2v) is 6.88. The highest BCUT2D eigenvalue weighted by atomic mass is 16.5. The molecule has 0 radical (unpaired) electrons. The predicted octanol–water partition coefficient (Wildman–Crippen LogP) is 2.19. The van der Waals surface area contributed by atoms with Crippen LogP contribution in [-0.2, 0) is 11.3 Å². The van der Waals surface area contributed by atoms with Crippen molar-refractivity contribution in [2.45, 2.75) is 31.0 Å². The topological polar surface area (TPSA) is 74.1 Å². The third-order valence-corrected chi connectivity index (χ3v) is 4.95. The number of rotatable bonds is 4. The van der Waals surface area contributed by atoms with Crippen LogP contribution in [-0.4, -0.2) is 46.2 Å². The van der Waals surface area contributed by atoms with Gasteiger partial charge in [-0.25, -0.2) is 4.98 Å². The summed E-state index contributed by atoms with van der Waals surface area (Å²) >= 11 is 0. The van der Waals surface area contributed by atoms with Gasteiger partial charge in [0, 0.05) is 38.4 Å². The molecule has 0 unspecified atom stereocenters. The standard InChI is InChI=1S/C19H21N5O/c20-10-16-4-1-5-18(22-16)23-17-9-19(25-13-17)6-8-24(14-19)12-15-3-2-7-21-11-15/h1-5,7,11,17H,6,8-9,12-14H2,(H,22,23)/t17-,19+/m0/s1. The molecule has 1 spiro atoms. The normalized spacial score (nSPS) is 26.0. The summed E-state index contributed by atoms with van der Waals surface area (Å²) in [5, 5.41) is 12.4. The van der Waals surface area contributed by atoms with E-state index in [1.807, 2.05) is 24.4 Å². The number of hydrogen-bond donors (Lipinski definition) is 1. The van der Waals surface area contributed by atoms with Gasteiger partial charge in [-0.3, -0.25) is 9.88 Å². The largest absolute Gasteiger partial charge is 0.371 e. The second kappa shape index (κ2) is 6.79. The zero-order valence-electron chi connectivity index (χ0n) is 14.1. The maximum atomic E-state index is 8.97. The zero-order chi connectivity index (χ0) is 17.1. The molecule has 4 heterocycles. The Labute approximate surface area is 147 Å². The van der Waals surface area contributed by atoms with Crippen LogP contribution in [0.1, 0.15) is 24.1 Å². The molecule has 1 N–H and O–H groups in total. The molecular weight excluding hydrogens is 314 g/mol. The Balaban J connectivity index is 1.35. The fourth-order valence-corrected chi connectivity index (χ4v) is 3.82. The monoisotopic (exact) mass is 335 g/mol. The molecule has 2 aromatic rings. The van der Waals surface area contributed by atoms with Gasteiger partial charge in [-0.05, 0) is 30.2 Å². The van der Waals surface area contributed by atoms with Crippen LogP contribution in [0.2, 0.25) is 0 Å². The van der Waals surface area contributed by atoms with Crippen LogP contribution in [0, 0.1) is 11.3 Å². The minimum atomic E-state index is -0.0628. The summed E-state index contributed by atoms with van der Waals surface area (Å²) in [5.41, 5.74) is 1.61. The van der Waals surface area contributed by atoms with E-state index in [0.717, 1.165) is 38.3 Å². The van der Waals surface area contributed by atoms with Crippen LogP contribution in [0.4, 0.5) is 5.82 Å². The molecule has 2 aliphatic heterocycles. The van der Waals surface area contributed by atoms with Crippen LogP contribution in [0.25, 0.3) is 0 Å². The Morgan fingerprint density at radius 1 is 1.36 bits per heavy atom. The minimum Gasteiger partial charge on any atom is -0.371 e. The molecule has 2 saturated heterocycles. The van der Waals surface area contributed by atoms with Crippen LogP contribution >= 0.6 is 0 Å². The Morgan fingerprint density at radius 3 is 3.16 bits per heavy atom. The summed E-state index contributed by atoms with van der Waals surface area (Å²) in [4.78, 5) is 10.9. The second-order valence-electron chi connectivity index (χ2n) is 6.88. The summed E-state index contributed by atoms with van der Waals surface area (Å²) in [7, 11) is 0. The molecule has 0 aliphatic carbocycles. The Morgan fingerprint density at radius 2 is 2.32 bits per heavy atom. The number of anilines is 1. The van der Waals surface area contributed by atoms with Gasteiger partial charge in [0.25, 0.3) is 0 Å². The Hall–Kier alpha value is -2.49. The molecule has 2 aromatic heterocycles. The lowest BCUT2D eigenvalue weighted by Crippen LogP contribution is -2.33. The van der Waals surface area contributed by atoms with Gasteiger partial charge < -0.3 is 10.1 Å². The molecule has 2 atom stereocenters. The number of nitriles is 1. The summed E-state index contributed by atoms with van der Waals surface area (Å²) < 4.78 is 6.20. The predicted molar refractivity (Wildman–Crippen MR) is 93.8 cm³/mol. The molecule has 2 aliphatic rings. The first-order valence-corrected chi connectivity index (χ1v) is 8.64. The number of nitrogens with one attached hydrogen (secondary N) is 1. The van der Waals surface area contributed by atoms with Crippen molar-refractivity contribution < 1.29 is 4.74 Å². The number of pyridine rings is 2. The summed E-state index contributed by atoms with van der Waals surface area (Å²) in [6.07, 6.45) is 5.76. The highest BCUT2D eigenvalue weighted by Crippen LogP contribution is 2.36. The number of nitrogens with zero attached hydrogens (tertiary/aromatic N) is 4. The van der Waals surface area contributed by atoms with Crippen molar-refractivity contribution in [3.63, 3.8) is 0 Å². The van der Waals surface area contributed by atoms with E-state index >= 15 is 0 Å². The van der Waals surface area contributed by atoms with Crippen LogP contribution in [0.5, 0.6) is 0 Å². The van der Waals surface area contributed by atoms with Gasteiger partial charge in [0.1, 0.15) is 17.6 Å². The molecular formula is C19H21N5O. The minimum absolute atomic E-state index is 0.0628. The highest BCUT2D eigenvalue weighted by Gasteiger charge is 2.45. The zero-order valence-corrected chi connectivity index (χ0v) is 14.1. The molecule has 6 nitrogen and oxygen atoms in total. The number of ether oxygens (including phenoxy) is 1. The van der Waals surface area contributed by atoms with E-state index < -0.39 is 0 Å². The van der Waals surface area contributed by atoms with Crippen molar-refractivity contribution >= 4 is 5.82 Å². The quantitative estimate of drug-likeness (QED) is 0.923. The van der Waals surface area contributed by atoms with Gasteiger partial charge in [0.15, 0.2) is 0 Å². The number of likely N-dealkylation sites (tertiary alicyclic amines) is 1. The molecule has 128 valence electrons. The lowest BCUT2D eigenvalue weighted by Gasteiger charge is -2.23. The van der Waals surface area contributed by atoms with Crippen molar-refractivity contribution in [2.24, 2.45) is 0 Å². The van der Waals surface area contributed by atoms with E-state index in [1.54, 1.807) is 12.3 Å². The summed E-state index contributed by atoms with van der Waals surface area (Å²) in [5.74, 6) is 0.745. The highest BCUT2D eigenvalue weighted by molar-refractivity contribution is 5.39. The maximum Gasteiger partial charge on any atom is 0.142 e. The van der Waals surface area contributed by atoms with E-state index in [1.165, 1.54) is 5.56 Å². The molecule has 6 heteroatoms. The first-order chi connectivity index (χ1) is 12.2. The van der Waals surface area contributed by atoms with Crippen molar-refractivity contribution in [3.8, 4) is 6.07 Å². The average Bonchev–Trinajstić information content (AvgIpc) is 3.22. The first kappa shape index (κ1) is 16.0. The SMILES string of the molecule is N#Cc1cccc(N[C@@H]2CO[C@]3(CCN(Cc4cccnc4)C3)C2)n1. The number of aromatic nitrogens is 2. The van der Waals surface area contributed by atoms with Gasteiger partial charge >= 0.3 is 0 Å². The van der Waals surface area contributed by atoms with Gasteiger partial charge in [-0.2, -0.15) is 5.26 Å². The Kier molecular flexibility index (Phi) is 4.35. The van der Waals surface area contributed by atoms with Crippen molar-refractivity contribution in [3.05, 3.63) is 54.0 Å². The van der Waals surface area contributed by atoms with E-state index in [-0.39, 0.29) is 11.6 Å². The summed E-state index contributed by atoms with van der Waals surface area (Å²) in [6, 6.07) is 11.9. The first-order valence-electron chi connectivity index (χ1n) is 8.64. The van der Waals surface area contributed by atoms with Crippen molar-refractivity contribution in [2.75, 3.05) is 25.0 Å².